The second-order valence-electron chi connectivity index (χ2n) is 10.2. The molecule has 2 aromatic carbocycles. The van der Waals surface area contributed by atoms with Gasteiger partial charge in [-0.1, -0.05) is 68.8 Å². The normalized spacial score (nSPS) is 13.8. The summed E-state index contributed by atoms with van der Waals surface area (Å²) >= 11 is 0. The minimum atomic E-state index is -0.880. The van der Waals surface area contributed by atoms with Crippen LogP contribution in [0, 0.1) is 19.8 Å². The summed E-state index contributed by atoms with van der Waals surface area (Å²) in [7, 11) is 0. The molecular formula is C29H41N3O4. The van der Waals surface area contributed by atoms with Gasteiger partial charge in [0.25, 0.3) is 5.91 Å². The standard InChI is InChI=1S/C29H41N3O4/c1-9-19(3)24(31-28(35)36-29(6,7)8)27(34)32(10-2)25(22-17-12-11-13-18-22)26(33)30-23-20(4)15-14-16-21(23)5/h11-19,24-25H,9-10H2,1-8H3,(H,30,33)(H,31,35). The number of amides is 3. The summed E-state index contributed by atoms with van der Waals surface area (Å²) in [6.45, 7) is 15.2. The lowest BCUT2D eigenvalue weighted by Crippen LogP contribution is -2.54. The van der Waals surface area contributed by atoms with Gasteiger partial charge in [0, 0.05) is 12.2 Å². The summed E-state index contributed by atoms with van der Waals surface area (Å²) in [5, 5.41) is 5.82. The predicted molar refractivity (Wildman–Crippen MR) is 144 cm³/mol. The van der Waals surface area contributed by atoms with E-state index in [1.165, 1.54) is 4.90 Å². The van der Waals surface area contributed by atoms with Crippen LogP contribution in [0.5, 0.6) is 0 Å². The van der Waals surface area contributed by atoms with E-state index >= 15 is 0 Å². The number of nitrogens with one attached hydrogen (secondary N) is 2. The molecule has 2 aromatic rings. The van der Waals surface area contributed by atoms with Crippen molar-refractivity contribution in [1.82, 2.24) is 10.2 Å². The molecule has 3 amide bonds. The fourth-order valence-electron chi connectivity index (χ4n) is 4.07. The van der Waals surface area contributed by atoms with Crippen LogP contribution < -0.4 is 10.6 Å². The van der Waals surface area contributed by atoms with Crippen molar-refractivity contribution in [3.8, 4) is 0 Å². The number of likely N-dealkylation sites (N-methyl/N-ethyl adjacent to an activating group) is 1. The molecule has 2 N–H and O–H groups in total. The molecule has 7 nitrogen and oxygen atoms in total. The molecule has 196 valence electrons. The van der Waals surface area contributed by atoms with E-state index in [4.69, 9.17) is 4.74 Å². The molecule has 3 atom stereocenters. The Balaban J connectivity index is 2.46. The van der Waals surface area contributed by atoms with E-state index in [0.717, 1.165) is 16.8 Å². The second-order valence-corrected chi connectivity index (χ2v) is 10.2. The lowest BCUT2D eigenvalue weighted by atomic mass is 9.95. The summed E-state index contributed by atoms with van der Waals surface area (Å²) in [5.74, 6) is -0.811. The fraction of sp³-hybridized carbons (Fsp3) is 0.483. The number of hydrogen-bond donors (Lipinski definition) is 2. The number of carbonyl (C=O) groups excluding carboxylic acids is 3. The van der Waals surface area contributed by atoms with Gasteiger partial charge in [0.2, 0.25) is 5.91 Å². The first kappa shape index (κ1) is 28.9. The molecule has 2 rings (SSSR count). The lowest BCUT2D eigenvalue weighted by molar-refractivity contribution is -0.141. The highest BCUT2D eigenvalue weighted by Gasteiger charge is 2.37. The molecular weight excluding hydrogens is 454 g/mol. The molecule has 7 heteroatoms. The van der Waals surface area contributed by atoms with Gasteiger partial charge in [0.1, 0.15) is 17.7 Å². The zero-order valence-electron chi connectivity index (χ0n) is 22.8. The first-order valence-corrected chi connectivity index (χ1v) is 12.6. The van der Waals surface area contributed by atoms with Gasteiger partial charge in [-0.05, 0) is 64.2 Å². The maximum Gasteiger partial charge on any atom is 0.408 e. The fourth-order valence-corrected chi connectivity index (χ4v) is 4.07. The molecule has 36 heavy (non-hydrogen) atoms. The Morgan fingerprint density at radius 3 is 2.03 bits per heavy atom. The molecule has 3 unspecified atom stereocenters. The molecule has 0 aliphatic heterocycles. The molecule has 0 aliphatic carbocycles. The molecule has 0 heterocycles. The molecule has 0 aliphatic rings. The third kappa shape index (κ3) is 7.57. The van der Waals surface area contributed by atoms with E-state index in [2.05, 4.69) is 10.6 Å². The van der Waals surface area contributed by atoms with E-state index < -0.39 is 23.8 Å². The average molecular weight is 496 g/mol. The van der Waals surface area contributed by atoms with Crippen LogP contribution in [0.25, 0.3) is 0 Å². The summed E-state index contributed by atoms with van der Waals surface area (Å²) in [6.07, 6.45) is 0.00223. The quantitative estimate of drug-likeness (QED) is 0.462. The van der Waals surface area contributed by atoms with E-state index in [0.29, 0.717) is 12.0 Å². The van der Waals surface area contributed by atoms with Gasteiger partial charge in [-0.15, -0.1) is 0 Å². The minimum Gasteiger partial charge on any atom is -0.444 e. The number of benzene rings is 2. The zero-order valence-corrected chi connectivity index (χ0v) is 22.8. The lowest BCUT2D eigenvalue weighted by Gasteiger charge is -2.35. The van der Waals surface area contributed by atoms with Crippen molar-refractivity contribution in [3.05, 3.63) is 65.2 Å². The van der Waals surface area contributed by atoms with Crippen LogP contribution in [0.3, 0.4) is 0 Å². The van der Waals surface area contributed by atoms with Gasteiger partial charge in [0.05, 0.1) is 0 Å². The van der Waals surface area contributed by atoms with Crippen LogP contribution in [-0.2, 0) is 14.3 Å². The molecule has 0 aromatic heterocycles. The number of aryl methyl sites for hydroxylation is 2. The topological polar surface area (TPSA) is 87.7 Å². The van der Waals surface area contributed by atoms with E-state index in [1.807, 2.05) is 83.1 Å². The van der Waals surface area contributed by atoms with Gasteiger partial charge >= 0.3 is 6.09 Å². The van der Waals surface area contributed by atoms with Crippen LogP contribution in [0.15, 0.2) is 48.5 Å². The Labute approximate surface area is 215 Å². The highest BCUT2D eigenvalue weighted by molar-refractivity contribution is 5.99. The van der Waals surface area contributed by atoms with Crippen molar-refractivity contribution < 1.29 is 19.1 Å². The van der Waals surface area contributed by atoms with Gasteiger partial charge < -0.3 is 20.3 Å². The number of rotatable bonds is 9. The van der Waals surface area contributed by atoms with Crippen molar-refractivity contribution in [2.45, 2.75) is 79.5 Å². The van der Waals surface area contributed by atoms with Crippen molar-refractivity contribution in [1.29, 1.82) is 0 Å². The molecule has 0 fully saturated rings. The Morgan fingerprint density at radius 2 is 1.53 bits per heavy atom. The SMILES string of the molecule is CCC(C)C(NC(=O)OC(C)(C)C)C(=O)N(CC)C(C(=O)Nc1c(C)cccc1C)c1ccccc1. The van der Waals surface area contributed by atoms with Crippen molar-refractivity contribution in [2.75, 3.05) is 11.9 Å². The van der Waals surface area contributed by atoms with Crippen LogP contribution in [-0.4, -0.2) is 41.0 Å². The van der Waals surface area contributed by atoms with Crippen molar-refractivity contribution in [2.24, 2.45) is 5.92 Å². The van der Waals surface area contributed by atoms with Gasteiger partial charge in [0.15, 0.2) is 0 Å². The molecule has 0 bridgehead atoms. The third-order valence-electron chi connectivity index (χ3n) is 6.18. The number of ether oxygens (including phenoxy) is 1. The Kier molecular flexibility index (Phi) is 10.1. The molecule has 0 saturated carbocycles. The maximum atomic E-state index is 14.0. The molecule has 0 saturated heterocycles. The number of hydrogen-bond acceptors (Lipinski definition) is 4. The van der Waals surface area contributed by atoms with Crippen LogP contribution in [0.1, 0.15) is 70.7 Å². The monoisotopic (exact) mass is 495 g/mol. The predicted octanol–water partition coefficient (Wildman–Crippen LogP) is 5.77. The first-order valence-electron chi connectivity index (χ1n) is 12.6. The Hall–Kier alpha value is -3.35. The summed E-state index contributed by atoms with van der Waals surface area (Å²) in [4.78, 5) is 41.9. The van der Waals surface area contributed by atoms with Gasteiger partial charge in [-0.2, -0.15) is 0 Å². The average Bonchev–Trinajstić information content (AvgIpc) is 2.81. The van der Waals surface area contributed by atoms with Gasteiger partial charge in [-0.3, -0.25) is 9.59 Å². The summed E-state index contributed by atoms with van der Waals surface area (Å²) in [5.41, 5.74) is 2.60. The van der Waals surface area contributed by atoms with Crippen LogP contribution in [0.2, 0.25) is 0 Å². The largest absolute Gasteiger partial charge is 0.444 e. The smallest absolute Gasteiger partial charge is 0.408 e. The second kappa shape index (κ2) is 12.6. The maximum absolute atomic E-state index is 14.0. The molecule has 0 radical (unpaired) electrons. The Bertz CT molecular complexity index is 1030. The first-order chi connectivity index (χ1) is 16.9. The van der Waals surface area contributed by atoms with Crippen LogP contribution in [0.4, 0.5) is 10.5 Å². The summed E-state index contributed by atoms with van der Waals surface area (Å²) < 4.78 is 5.42. The highest BCUT2D eigenvalue weighted by atomic mass is 16.6. The third-order valence-corrected chi connectivity index (χ3v) is 6.18. The van der Waals surface area contributed by atoms with E-state index in [1.54, 1.807) is 20.8 Å². The number of para-hydroxylation sites is 1. The van der Waals surface area contributed by atoms with Gasteiger partial charge in [-0.25, -0.2) is 4.79 Å². The van der Waals surface area contributed by atoms with Crippen molar-refractivity contribution in [3.63, 3.8) is 0 Å². The Morgan fingerprint density at radius 1 is 0.944 bits per heavy atom. The number of carbonyl (C=O) groups is 3. The number of anilines is 1. The minimum absolute atomic E-state index is 0.169. The number of alkyl carbamates (subject to hydrolysis) is 1. The van der Waals surface area contributed by atoms with Crippen molar-refractivity contribution >= 4 is 23.6 Å². The molecule has 0 spiro atoms. The highest BCUT2D eigenvalue weighted by Crippen LogP contribution is 2.27. The van der Waals surface area contributed by atoms with E-state index in [9.17, 15) is 14.4 Å². The van der Waals surface area contributed by atoms with E-state index in [-0.39, 0.29) is 24.3 Å². The summed E-state index contributed by atoms with van der Waals surface area (Å²) in [6, 6.07) is 13.3. The number of nitrogens with zero attached hydrogens (tertiary/aromatic N) is 1. The zero-order chi connectivity index (χ0) is 27.0. The van der Waals surface area contributed by atoms with Crippen LogP contribution >= 0.6 is 0 Å².